The van der Waals surface area contributed by atoms with E-state index in [-0.39, 0.29) is 12.3 Å². The van der Waals surface area contributed by atoms with Gasteiger partial charge in [0.1, 0.15) is 0 Å². The second-order valence-corrected chi connectivity index (χ2v) is 5.43. The van der Waals surface area contributed by atoms with E-state index in [4.69, 9.17) is 10.6 Å². The van der Waals surface area contributed by atoms with Crippen LogP contribution in [-0.2, 0) is 29.0 Å². The number of thiophene rings is 1. The predicted molar refractivity (Wildman–Crippen MR) is 80.2 cm³/mol. The lowest BCUT2D eigenvalue weighted by Gasteiger charge is -2.09. The maximum atomic E-state index is 11.3. The summed E-state index contributed by atoms with van der Waals surface area (Å²) in [5, 5.41) is 2.07. The smallest absolute Gasteiger partial charge is 0.238 e. The molecule has 0 bridgehead atoms. The molecule has 0 aliphatic rings. The van der Waals surface area contributed by atoms with Crippen molar-refractivity contribution in [2.75, 3.05) is 6.61 Å². The molecule has 0 radical (unpaired) electrons. The van der Waals surface area contributed by atoms with Crippen LogP contribution < -0.4 is 11.3 Å². The first-order valence-electron chi connectivity index (χ1n) is 6.46. The van der Waals surface area contributed by atoms with Gasteiger partial charge in [-0.15, -0.1) is 11.3 Å². The van der Waals surface area contributed by atoms with E-state index in [1.807, 2.05) is 30.3 Å². The summed E-state index contributed by atoms with van der Waals surface area (Å²) < 4.78 is 5.69. The molecule has 0 saturated heterocycles. The van der Waals surface area contributed by atoms with Crippen molar-refractivity contribution in [3.63, 3.8) is 0 Å². The Kier molecular flexibility index (Phi) is 5.73. The Morgan fingerprint density at radius 3 is 2.70 bits per heavy atom. The lowest BCUT2D eigenvalue weighted by Crippen LogP contribution is -2.31. The van der Waals surface area contributed by atoms with Crippen LogP contribution in [0.1, 0.15) is 16.0 Å². The fraction of sp³-hybridized carbons (Fsp3) is 0.267. The van der Waals surface area contributed by atoms with Gasteiger partial charge in [-0.2, -0.15) is 0 Å². The van der Waals surface area contributed by atoms with E-state index >= 15 is 0 Å². The molecule has 106 valence electrons. The number of hydrazine groups is 1. The van der Waals surface area contributed by atoms with Crippen molar-refractivity contribution >= 4 is 17.2 Å². The number of amides is 1. The summed E-state index contributed by atoms with van der Waals surface area (Å²) >= 11 is 1.74. The molecule has 20 heavy (non-hydrogen) atoms. The molecule has 0 aliphatic carbocycles. The molecule has 1 aromatic heterocycles. The molecular weight excluding hydrogens is 272 g/mol. The zero-order valence-corrected chi connectivity index (χ0v) is 12.0. The Labute approximate surface area is 122 Å². The second kappa shape index (κ2) is 7.79. The van der Waals surface area contributed by atoms with Crippen molar-refractivity contribution in [1.29, 1.82) is 0 Å². The van der Waals surface area contributed by atoms with E-state index in [0.29, 0.717) is 13.2 Å². The van der Waals surface area contributed by atoms with Gasteiger partial charge in [0.15, 0.2) is 0 Å². The van der Waals surface area contributed by atoms with E-state index in [1.54, 1.807) is 11.3 Å². The highest BCUT2D eigenvalue weighted by molar-refractivity contribution is 7.09. The maximum absolute atomic E-state index is 11.3. The zero-order chi connectivity index (χ0) is 14.2. The Morgan fingerprint density at radius 1 is 1.20 bits per heavy atom. The molecule has 1 amide bonds. The fourth-order valence-electron chi connectivity index (χ4n) is 1.90. The Bertz CT molecular complexity index is 541. The summed E-state index contributed by atoms with van der Waals surface area (Å²) in [5.74, 6) is 4.92. The summed E-state index contributed by atoms with van der Waals surface area (Å²) in [7, 11) is 0. The molecule has 2 rings (SSSR count). The van der Waals surface area contributed by atoms with Crippen LogP contribution in [0.15, 0.2) is 41.8 Å². The number of nitrogens with one attached hydrogen (secondary N) is 1. The number of carbonyl (C=O) groups excluding carboxylic acids is 1. The molecule has 5 heteroatoms. The van der Waals surface area contributed by atoms with Gasteiger partial charge in [0.25, 0.3) is 0 Å². The highest BCUT2D eigenvalue weighted by Crippen LogP contribution is 2.13. The van der Waals surface area contributed by atoms with Crippen molar-refractivity contribution in [2.24, 2.45) is 5.84 Å². The lowest BCUT2D eigenvalue weighted by atomic mass is 10.1. The van der Waals surface area contributed by atoms with Gasteiger partial charge >= 0.3 is 0 Å². The van der Waals surface area contributed by atoms with E-state index in [0.717, 1.165) is 17.5 Å². The number of benzene rings is 1. The van der Waals surface area contributed by atoms with E-state index in [2.05, 4.69) is 16.9 Å². The van der Waals surface area contributed by atoms with Crippen LogP contribution in [0.4, 0.5) is 0 Å². The second-order valence-electron chi connectivity index (χ2n) is 4.39. The SMILES string of the molecule is NNC(=O)Cc1ccccc1COCCc1cccs1. The largest absolute Gasteiger partial charge is 0.376 e. The average Bonchev–Trinajstić information content (AvgIpc) is 2.98. The van der Waals surface area contributed by atoms with Gasteiger partial charge in [0.2, 0.25) is 5.91 Å². The van der Waals surface area contributed by atoms with Crippen LogP contribution in [0.25, 0.3) is 0 Å². The Hall–Kier alpha value is -1.69. The summed E-state index contributed by atoms with van der Waals surface area (Å²) in [6.07, 6.45) is 1.20. The molecule has 4 nitrogen and oxygen atoms in total. The monoisotopic (exact) mass is 290 g/mol. The van der Waals surface area contributed by atoms with E-state index in [9.17, 15) is 4.79 Å². The van der Waals surface area contributed by atoms with E-state index in [1.165, 1.54) is 4.88 Å². The normalized spacial score (nSPS) is 10.4. The van der Waals surface area contributed by atoms with Crippen molar-refractivity contribution in [1.82, 2.24) is 5.43 Å². The number of ether oxygens (including phenoxy) is 1. The summed E-state index contributed by atoms with van der Waals surface area (Å²) in [4.78, 5) is 12.7. The topological polar surface area (TPSA) is 64.3 Å². The number of carbonyl (C=O) groups is 1. The van der Waals surface area contributed by atoms with E-state index < -0.39 is 0 Å². The molecule has 3 N–H and O–H groups in total. The van der Waals surface area contributed by atoms with Gasteiger partial charge in [-0.05, 0) is 22.6 Å². The molecule has 0 atom stereocenters. The third-order valence-electron chi connectivity index (χ3n) is 2.96. The van der Waals surface area contributed by atoms with Crippen LogP contribution in [0, 0.1) is 0 Å². The number of rotatable bonds is 7. The molecule has 0 unspecified atom stereocenters. The fourth-order valence-corrected chi connectivity index (χ4v) is 2.59. The standard InChI is InChI=1S/C15H18N2O2S/c16-17-15(18)10-12-4-1-2-5-13(12)11-19-8-7-14-6-3-9-20-14/h1-6,9H,7-8,10-11,16H2,(H,17,18). The van der Waals surface area contributed by atoms with Crippen LogP contribution in [0.2, 0.25) is 0 Å². The minimum Gasteiger partial charge on any atom is -0.376 e. The number of hydrogen-bond acceptors (Lipinski definition) is 4. The number of nitrogens with two attached hydrogens (primary N) is 1. The molecule has 0 spiro atoms. The molecule has 1 heterocycles. The van der Waals surface area contributed by atoms with Crippen LogP contribution >= 0.6 is 11.3 Å². The quantitative estimate of drug-likeness (QED) is 0.355. The molecule has 0 fully saturated rings. The Balaban J connectivity index is 1.84. The van der Waals surface area contributed by atoms with Crippen molar-refractivity contribution in [3.05, 3.63) is 57.8 Å². The minimum atomic E-state index is -0.198. The van der Waals surface area contributed by atoms with Gasteiger partial charge in [-0.3, -0.25) is 10.2 Å². The zero-order valence-electron chi connectivity index (χ0n) is 11.2. The summed E-state index contributed by atoms with van der Waals surface area (Å²) in [5.41, 5.74) is 4.13. The highest BCUT2D eigenvalue weighted by atomic mass is 32.1. The number of hydrogen-bond donors (Lipinski definition) is 2. The molecule has 0 aliphatic heterocycles. The van der Waals surface area contributed by atoms with Crippen LogP contribution in [0.5, 0.6) is 0 Å². The maximum Gasteiger partial charge on any atom is 0.238 e. The first-order chi connectivity index (χ1) is 9.79. The van der Waals surface area contributed by atoms with Gasteiger partial charge in [0, 0.05) is 11.3 Å². The van der Waals surface area contributed by atoms with Crippen LogP contribution in [-0.4, -0.2) is 12.5 Å². The summed E-state index contributed by atoms with van der Waals surface area (Å²) in [6, 6.07) is 11.9. The van der Waals surface area contributed by atoms with Gasteiger partial charge in [-0.25, -0.2) is 5.84 Å². The van der Waals surface area contributed by atoms with Gasteiger partial charge < -0.3 is 4.74 Å². The molecule has 1 aromatic carbocycles. The first-order valence-corrected chi connectivity index (χ1v) is 7.34. The average molecular weight is 290 g/mol. The van der Waals surface area contributed by atoms with Crippen LogP contribution in [0.3, 0.4) is 0 Å². The molecule has 2 aromatic rings. The Morgan fingerprint density at radius 2 is 2.00 bits per heavy atom. The highest BCUT2D eigenvalue weighted by Gasteiger charge is 2.06. The van der Waals surface area contributed by atoms with Crippen molar-refractivity contribution < 1.29 is 9.53 Å². The molecule has 0 saturated carbocycles. The third-order valence-corrected chi connectivity index (χ3v) is 3.90. The predicted octanol–water partition coefficient (Wildman–Crippen LogP) is 2.04. The third kappa shape index (κ3) is 4.45. The first kappa shape index (κ1) is 14.7. The van der Waals surface area contributed by atoms with Gasteiger partial charge in [-0.1, -0.05) is 30.3 Å². The molecular formula is C15H18N2O2S. The van der Waals surface area contributed by atoms with Crippen molar-refractivity contribution in [3.8, 4) is 0 Å². The lowest BCUT2D eigenvalue weighted by molar-refractivity contribution is -0.120. The van der Waals surface area contributed by atoms with Crippen molar-refractivity contribution in [2.45, 2.75) is 19.4 Å². The summed E-state index contributed by atoms with van der Waals surface area (Å²) in [6.45, 7) is 1.19. The van der Waals surface area contributed by atoms with Gasteiger partial charge in [0.05, 0.1) is 19.6 Å². The minimum absolute atomic E-state index is 0.198.